The fourth-order valence-corrected chi connectivity index (χ4v) is 2.75. The maximum atomic E-state index is 4.70. The molecule has 3 nitrogen and oxygen atoms in total. The number of halogens is 1. The first-order valence-electron chi connectivity index (χ1n) is 7.45. The van der Waals surface area contributed by atoms with Crippen LogP contribution in [0.3, 0.4) is 0 Å². The standard InChI is InChI=1S/C17H24IN3/c1-12(2)9-19-10-17-13(3)20-21(14(17)4)11-15-5-7-16(18)8-6-15/h5-8,12,19H,9-11H2,1-4H3. The second kappa shape index (κ2) is 7.40. The molecule has 0 radical (unpaired) electrons. The van der Waals surface area contributed by atoms with Crippen LogP contribution in [0.25, 0.3) is 0 Å². The van der Waals surface area contributed by atoms with E-state index < -0.39 is 0 Å². The molecule has 0 unspecified atom stereocenters. The zero-order chi connectivity index (χ0) is 15.4. The van der Waals surface area contributed by atoms with Gasteiger partial charge in [-0.2, -0.15) is 5.10 Å². The van der Waals surface area contributed by atoms with Crippen molar-refractivity contribution in [2.45, 2.75) is 40.8 Å². The number of nitrogens with zero attached hydrogens (tertiary/aromatic N) is 2. The summed E-state index contributed by atoms with van der Waals surface area (Å²) in [4.78, 5) is 0. The molecule has 0 atom stereocenters. The number of benzene rings is 1. The second-order valence-corrected chi connectivity index (χ2v) is 7.20. The van der Waals surface area contributed by atoms with Gasteiger partial charge in [0.15, 0.2) is 0 Å². The van der Waals surface area contributed by atoms with Crippen LogP contribution in [0.5, 0.6) is 0 Å². The van der Waals surface area contributed by atoms with E-state index in [1.807, 2.05) is 0 Å². The quantitative estimate of drug-likeness (QED) is 0.750. The molecule has 114 valence electrons. The molecule has 4 heteroatoms. The SMILES string of the molecule is Cc1nn(Cc2ccc(I)cc2)c(C)c1CNCC(C)C. The summed E-state index contributed by atoms with van der Waals surface area (Å²) < 4.78 is 3.38. The van der Waals surface area contributed by atoms with Gasteiger partial charge in [0.25, 0.3) is 0 Å². The van der Waals surface area contributed by atoms with Crippen molar-refractivity contribution in [1.82, 2.24) is 15.1 Å². The number of hydrogen-bond donors (Lipinski definition) is 1. The summed E-state index contributed by atoms with van der Waals surface area (Å²) in [5, 5.41) is 8.21. The zero-order valence-electron chi connectivity index (χ0n) is 13.3. The van der Waals surface area contributed by atoms with E-state index in [1.54, 1.807) is 0 Å². The van der Waals surface area contributed by atoms with Crippen LogP contribution in [0.15, 0.2) is 24.3 Å². The third-order valence-corrected chi connectivity index (χ3v) is 4.35. The normalized spacial score (nSPS) is 11.3. The van der Waals surface area contributed by atoms with Gasteiger partial charge in [0.1, 0.15) is 0 Å². The first kappa shape index (κ1) is 16.5. The van der Waals surface area contributed by atoms with Crippen LogP contribution in [-0.2, 0) is 13.1 Å². The fraction of sp³-hybridized carbons (Fsp3) is 0.471. The smallest absolute Gasteiger partial charge is 0.0662 e. The largest absolute Gasteiger partial charge is 0.312 e. The Morgan fingerprint density at radius 2 is 1.86 bits per heavy atom. The lowest BCUT2D eigenvalue weighted by molar-refractivity contribution is 0.550. The lowest BCUT2D eigenvalue weighted by Gasteiger charge is -2.08. The summed E-state index contributed by atoms with van der Waals surface area (Å²) in [6.07, 6.45) is 0. The highest BCUT2D eigenvalue weighted by atomic mass is 127. The molecule has 0 bridgehead atoms. The third kappa shape index (κ3) is 4.54. The zero-order valence-corrected chi connectivity index (χ0v) is 15.4. The van der Waals surface area contributed by atoms with Gasteiger partial charge < -0.3 is 5.32 Å². The van der Waals surface area contributed by atoms with E-state index in [-0.39, 0.29) is 0 Å². The Morgan fingerprint density at radius 3 is 2.48 bits per heavy atom. The van der Waals surface area contributed by atoms with Gasteiger partial charge >= 0.3 is 0 Å². The maximum absolute atomic E-state index is 4.70. The lowest BCUT2D eigenvalue weighted by atomic mass is 10.1. The van der Waals surface area contributed by atoms with Gasteiger partial charge in [0.05, 0.1) is 12.2 Å². The van der Waals surface area contributed by atoms with E-state index in [2.05, 4.69) is 84.5 Å². The van der Waals surface area contributed by atoms with Gasteiger partial charge in [0, 0.05) is 21.4 Å². The molecule has 2 aromatic rings. The van der Waals surface area contributed by atoms with E-state index in [9.17, 15) is 0 Å². The summed E-state index contributed by atoms with van der Waals surface area (Å²) in [5.41, 5.74) is 5.03. The molecule has 1 heterocycles. The van der Waals surface area contributed by atoms with E-state index in [0.29, 0.717) is 5.92 Å². The van der Waals surface area contributed by atoms with Crippen molar-refractivity contribution >= 4 is 22.6 Å². The molecule has 0 saturated heterocycles. The predicted octanol–water partition coefficient (Wildman–Crippen LogP) is 3.90. The molecule has 2 rings (SSSR count). The number of rotatable bonds is 6. The Kier molecular flexibility index (Phi) is 5.81. The molecule has 0 saturated carbocycles. The van der Waals surface area contributed by atoms with E-state index in [0.717, 1.165) is 25.3 Å². The molecule has 0 spiro atoms. The first-order chi connectivity index (χ1) is 9.97. The van der Waals surface area contributed by atoms with Crippen molar-refractivity contribution in [2.24, 2.45) is 5.92 Å². The van der Waals surface area contributed by atoms with Crippen LogP contribution in [0.1, 0.15) is 36.4 Å². The Labute approximate surface area is 141 Å². The van der Waals surface area contributed by atoms with Crippen LogP contribution in [0, 0.1) is 23.3 Å². The fourth-order valence-electron chi connectivity index (χ4n) is 2.39. The summed E-state index contributed by atoms with van der Waals surface area (Å²) in [6, 6.07) is 8.64. The highest BCUT2D eigenvalue weighted by Crippen LogP contribution is 2.15. The minimum atomic E-state index is 0.674. The van der Waals surface area contributed by atoms with Gasteiger partial charge in [-0.1, -0.05) is 26.0 Å². The molecule has 0 aliphatic carbocycles. The minimum Gasteiger partial charge on any atom is -0.312 e. The van der Waals surface area contributed by atoms with E-state index in [4.69, 9.17) is 5.10 Å². The number of nitrogens with one attached hydrogen (secondary N) is 1. The minimum absolute atomic E-state index is 0.674. The first-order valence-corrected chi connectivity index (χ1v) is 8.53. The summed E-state index contributed by atoms with van der Waals surface area (Å²) >= 11 is 2.33. The van der Waals surface area contributed by atoms with Gasteiger partial charge in [0.2, 0.25) is 0 Å². The molecule has 1 aromatic carbocycles. The third-order valence-electron chi connectivity index (χ3n) is 3.63. The van der Waals surface area contributed by atoms with Crippen LogP contribution in [0.2, 0.25) is 0 Å². The van der Waals surface area contributed by atoms with Gasteiger partial charge in [-0.25, -0.2) is 0 Å². The lowest BCUT2D eigenvalue weighted by Crippen LogP contribution is -2.19. The molecule has 0 amide bonds. The van der Waals surface area contributed by atoms with Crippen LogP contribution < -0.4 is 5.32 Å². The highest BCUT2D eigenvalue weighted by molar-refractivity contribution is 14.1. The van der Waals surface area contributed by atoms with Gasteiger partial charge in [-0.3, -0.25) is 4.68 Å². The van der Waals surface area contributed by atoms with E-state index in [1.165, 1.54) is 20.4 Å². The number of aryl methyl sites for hydroxylation is 1. The second-order valence-electron chi connectivity index (χ2n) is 5.96. The van der Waals surface area contributed by atoms with Crippen molar-refractivity contribution in [3.8, 4) is 0 Å². The summed E-state index contributed by atoms with van der Waals surface area (Å²) in [6.45, 7) is 11.5. The predicted molar refractivity (Wildman–Crippen MR) is 96.5 cm³/mol. The Balaban J connectivity index is 2.09. The van der Waals surface area contributed by atoms with Crippen molar-refractivity contribution in [1.29, 1.82) is 0 Å². The van der Waals surface area contributed by atoms with Crippen molar-refractivity contribution in [2.75, 3.05) is 6.54 Å². The van der Waals surface area contributed by atoms with Crippen molar-refractivity contribution in [3.05, 3.63) is 50.4 Å². The maximum Gasteiger partial charge on any atom is 0.0662 e. The van der Waals surface area contributed by atoms with Gasteiger partial charge in [-0.05, 0) is 66.6 Å². The highest BCUT2D eigenvalue weighted by Gasteiger charge is 2.11. The van der Waals surface area contributed by atoms with Crippen molar-refractivity contribution in [3.63, 3.8) is 0 Å². The average molecular weight is 397 g/mol. The molecule has 21 heavy (non-hydrogen) atoms. The molecular formula is C17H24IN3. The van der Waals surface area contributed by atoms with Crippen LogP contribution in [-0.4, -0.2) is 16.3 Å². The Bertz CT molecular complexity index is 585. The van der Waals surface area contributed by atoms with Gasteiger partial charge in [-0.15, -0.1) is 0 Å². The molecule has 0 fully saturated rings. The summed E-state index contributed by atoms with van der Waals surface area (Å²) in [7, 11) is 0. The molecule has 0 aliphatic heterocycles. The monoisotopic (exact) mass is 397 g/mol. The molecule has 0 aliphatic rings. The van der Waals surface area contributed by atoms with Crippen LogP contribution in [0.4, 0.5) is 0 Å². The number of aromatic nitrogens is 2. The van der Waals surface area contributed by atoms with E-state index >= 15 is 0 Å². The average Bonchev–Trinajstić information content (AvgIpc) is 2.68. The Morgan fingerprint density at radius 1 is 1.19 bits per heavy atom. The topological polar surface area (TPSA) is 29.9 Å². The molecule has 1 N–H and O–H groups in total. The Hall–Kier alpha value is -0.880. The van der Waals surface area contributed by atoms with Crippen LogP contribution >= 0.6 is 22.6 Å². The van der Waals surface area contributed by atoms with Crippen molar-refractivity contribution < 1.29 is 0 Å². The summed E-state index contributed by atoms with van der Waals surface area (Å²) in [5.74, 6) is 0.674. The molecular weight excluding hydrogens is 373 g/mol. The molecule has 1 aromatic heterocycles. The number of hydrogen-bond acceptors (Lipinski definition) is 2.